The zero-order chi connectivity index (χ0) is 26.6. The van der Waals surface area contributed by atoms with Crippen LogP contribution < -0.4 is 15.8 Å². The molecule has 37 heavy (non-hydrogen) atoms. The second-order valence-electron chi connectivity index (χ2n) is 9.97. The first kappa shape index (κ1) is 26.7. The van der Waals surface area contributed by atoms with Crippen LogP contribution in [0.2, 0.25) is 0 Å². The zero-order valence-corrected chi connectivity index (χ0v) is 22.1. The van der Waals surface area contributed by atoms with Crippen LogP contribution >= 0.6 is 11.3 Å². The largest absolute Gasteiger partial charge is 0.492 e. The Hall–Kier alpha value is -3.34. The number of nitrogens with two attached hydrogens (primary N) is 1. The molecular weight excluding hydrogens is 492 g/mol. The minimum absolute atomic E-state index is 0.233. The molecule has 0 aliphatic carbocycles. The molecule has 1 aromatic heterocycles. The summed E-state index contributed by atoms with van der Waals surface area (Å²) in [5.41, 5.74) is 6.05. The van der Waals surface area contributed by atoms with E-state index in [1.807, 2.05) is 45.0 Å². The molecule has 0 saturated carbocycles. The molecule has 9 nitrogen and oxygen atoms in total. The zero-order valence-electron chi connectivity index (χ0n) is 21.3. The lowest BCUT2D eigenvalue weighted by Crippen LogP contribution is -2.38. The highest BCUT2D eigenvalue weighted by atomic mass is 32.1. The Morgan fingerprint density at radius 1 is 1.16 bits per heavy atom. The molecule has 2 aromatic carbocycles. The molecule has 3 N–H and O–H groups in total. The minimum atomic E-state index is -1.33. The van der Waals surface area contributed by atoms with E-state index >= 15 is 0 Å². The van der Waals surface area contributed by atoms with Gasteiger partial charge in [-0.3, -0.25) is 14.5 Å². The Labute approximate surface area is 219 Å². The van der Waals surface area contributed by atoms with Crippen molar-refractivity contribution in [3.8, 4) is 5.75 Å². The Bertz CT molecular complexity index is 1290. The lowest BCUT2D eigenvalue weighted by atomic mass is 9.94. The number of rotatable bonds is 9. The average Bonchev–Trinajstić information content (AvgIpc) is 3.31. The van der Waals surface area contributed by atoms with E-state index in [4.69, 9.17) is 15.2 Å². The van der Waals surface area contributed by atoms with Gasteiger partial charge in [0.2, 0.25) is 0 Å². The van der Waals surface area contributed by atoms with Crippen LogP contribution in [0.1, 0.15) is 46.9 Å². The first-order valence-electron chi connectivity index (χ1n) is 12.2. The molecule has 0 bridgehead atoms. The Morgan fingerprint density at radius 2 is 1.86 bits per heavy atom. The number of hydrogen-bond acceptors (Lipinski definition) is 8. The van der Waals surface area contributed by atoms with Crippen LogP contribution in [0.25, 0.3) is 10.8 Å². The number of benzene rings is 2. The van der Waals surface area contributed by atoms with Crippen molar-refractivity contribution in [1.82, 2.24) is 4.90 Å². The summed E-state index contributed by atoms with van der Waals surface area (Å²) in [5.74, 6) is -0.612. The number of morpholine rings is 1. The van der Waals surface area contributed by atoms with Crippen molar-refractivity contribution in [1.29, 1.82) is 0 Å². The number of amides is 2. The van der Waals surface area contributed by atoms with E-state index in [0.717, 1.165) is 43.1 Å². The summed E-state index contributed by atoms with van der Waals surface area (Å²) in [6.45, 7) is 10.5. The van der Waals surface area contributed by atoms with Gasteiger partial charge >= 0.3 is 0 Å². The van der Waals surface area contributed by atoms with Crippen molar-refractivity contribution in [2.75, 3.05) is 44.8 Å². The first-order valence-corrected chi connectivity index (χ1v) is 13.0. The van der Waals surface area contributed by atoms with Crippen molar-refractivity contribution in [3.05, 3.63) is 62.7 Å². The molecule has 4 rings (SSSR count). The number of carbonyl (C=O) groups is 2. The lowest BCUT2D eigenvalue weighted by molar-refractivity contribution is -0.117. The average molecular weight is 525 g/mol. The first-order chi connectivity index (χ1) is 17.7. The van der Waals surface area contributed by atoms with E-state index in [9.17, 15) is 14.5 Å². The van der Waals surface area contributed by atoms with Gasteiger partial charge in [0, 0.05) is 29.9 Å². The smallest absolute Gasteiger partial charge is 0.260 e. The van der Waals surface area contributed by atoms with Gasteiger partial charge in [-0.05, 0) is 28.5 Å². The summed E-state index contributed by atoms with van der Waals surface area (Å²) in [7, 11) is 0. The normalized spacial score (nSPS) is 15.3. The van der Waals surface area contributed by atoms with E-state index in [1.165, 1.54) is 11.3 Å². The van der Waals surface area contributed by atoms with Gasteiger partial charge in [-0.25, -0.2) is 0 Å². The minimum Gasteiger partial charge on any atom is -0.492 e. The molecule has 1 saturated heterocycles. The molecule has 1 atom stereocenters. The quantitative estimate of drug-likeness (QED) is 0.399. The molecule has 1 aliphatic heterocycles. The van der Waals surface area contributed by atoms with E-state index in [-0.39, 0.29) is 16.0 Å². The number of nitrogens with zero attached hydrogens (tertiary/aromatic N) is 2. The predicted octanol–water partition coefficient (Wildman–Crippen LogP) is 4.45. The molecule has 196 valence electrons. The SMILES string of the molecule is CC(C)(C)c1cc(NC(=O)C(N=O)c2ccc(OCCN3CCOCC3)c3ccccc23)c(C(N)=O)s1. The molecule has 0 spiro atoms. The van der Waals surface area contributed by atoms with Gasteiger partial charge in [-0.15, -0.1) is 16.2 Å². The summed E-state index contributed by atoms with van der Waals surface area (Å²) in [6.07, 6.45) is 0. The number of ether oxygens (including phenoxy) is 2. The number of thiophene rings is 1. The maximum atomic E-state index is 13.3. The van der Waals surface area contributed by atoms with E-state index < -0.39 is 17.9 Å². The highest BCUT2D eigenvalue weighted by molar-refractivity contribution is 7.14. The summed E-state index contributed by atoms with van der Waals surface area (Å²) in [4.78, 5) is 40.6. The van der Waals surface area contributed by atoms with Crippen LogP contribution in [0.5, 0.6) is 5.75 Å². The molecule has 3 aromatic rings. The van der Waals surface area contributed by atoms with Crippen LogP contribution in [0, 0.1) is 4.91 Å². The van der Waals surface area contributed by atoms with Crippen molar-refractivity contribution in [2.45, 2.75) is 32.2 Å². The third kappa shape index (κ3) is 6.15. The summed E-state index contributed by atoms with van der Waals surface area (Å²) >= 11 is 1.23. The number of anilines is 1. The molecule has 0 radical (unpaired) electrons. The van der Waals surface area contributed by atoms with Gasteiger partial charge in [-0.1, -0.05) is 56.3 Å². The number of nitrogens with one attached hydrogen (secondary N) is 1. The third-order valence-corrected chi connectivity index (χ3v) is 7.86. The number of primary amides is 1. The van der Waals surface area contributed by atoms with E-state index in [1.54, 1.807) is 18.2 Å². The van der Waals surface area contributed by atoms with Crippen LogP contribution in [0.4, 0.5) is 5.69 Å². The van der Waals surface area contributed by atoms with Crippen LogP contribution in [-0.2, 0) is 14.9 Å². The second-order valence-corrected chi connectivity index (χ2v) is 11.0. The molecule has 2 amide bonds. The Morgan fingerprint density at radius 3 is 2.51 bits per heavy atom. The molecule has 1 aliphatic rings. The molecule has 1 unspecified atom stereocenters. The standard InChI is InChI=1S/C27H32N4O5S/c1-27(2,3)22-16-20(24(37-22)25(28)32)29-26(33)23(30-34)19-8-9-21(18-7-5-4-6-17(18)19)36-15-12-31-10-13-35-14-11-31/h4-9,16,23H,10-15H2,1-3H3,(H2,28,32)(H,29,33). The van der Waals surface area contributed by atoms with Gasteiger partial charge in [0.15, 0.2) is 6.04 Å². The summed E-state index contributed by atoms with van der Waals surface area (Å²) in [6, 6.07) is 11.3. The number of carbonyl (C=O) groups excluding carboxylic acids is 2. The van der Waals surface area contributed by atoms with Crippen LogP contribution in [0.15, 0.2) is 47.6 Å². The Kier molecular flexibility index (Phi) is 8.21. The number of hydrogen-bond donors (Lipinski definition) is 2. The van der Waals surface area contributed by atoms with Gasteiger partial charge in [0.1, 0.15) is 17.2 Å². The number of nitroso groups, excluding NO2 is 1. The van der Waals surface area contributed by atoms with Crippen molar-refractivity contribution < 1.29 is 19.1 Å². The molecule has 1 fully saturated rings. The lowest BCUT2D eigenvalue weighted by Gasteiger charge is -2.26. The fraction of sp³-hybridized carbons (Fsp3) is 0.407. The monoisotopic (exact) mass is 524 g/mol. The maximum Gasteiger partial charge on any atom is 0.260 e. The van der Waals surface area contributed by atoms with Crippen molar-refractivity contribution >= 4 is 39.6 Å². The topological polar surface area (TPSA) is 123 Å². The van der Waals surface area contributed by atoms with Gasteiger partial charge in [0.05, 0.1) is 18.9 Å². The third-order valence-electron chi connectivity index (χ3n) is 6.29. The van der Waals surface area contributed by atoms with Crippen molar-refractivity contribution in [3.63, 3.8) is 0 Å². The number of fused-ring (bicyclic) bond motifs is 1. The molecule has 10 heteroatoms. The molecule has 2 heterocycles. The van der Waals surface area contributed by atoms with Crippen molar-refractivity contribution in [2.24, 2.45) is 10.9 Å². The summed E-state index contributed by atoms with van der Waals surface area (Å²) < 4.78 is 11.5. The van der Waals surface area contributed by atoms with Crippen LogP contribution in [0.3, 0.4) is 0 Å². The Balaban J connectivity index is 1.57. The van der Waals surface area contributed by atoms with Gasteiger partial charge in [-0.2, -0.15) is 0 Å². The fourth-order valence-corrected chi connectivity index (χ4v) is 5.28. The van der Waals surface area contributed by atoms with Gasteiger partial charge < -0.3 is 20.5 Å². The maximum absolute atomic E-state index is 13.3. The molecular formula is C27H32N4O5S. The van der Waals surface area contributed by atoms with E-state index in [2.05, 4.69) is 15.4 Å². The predicted molar refractivity (Wildman–Crippen MR) is 145 cm³/mol. The van der Waals surface area contributed by atoms with E-state index in [0.29, 0.717) is 23.3 Å². The van der Waals surface area contributed by atoms with Gasteiger partial charge in [0.25, 0.3) is 11.8 Å². The van der Waals surface area contributed by atoms with Crippen LogP contribution in [-0.4, -0.2) is 56.2 Å². The highest BCUT2D eigenvalue weighted by Crippen LogP contribution is 2.37. The highest BCUT2D eigenvalue weighted by Gasteiger charge is 2.28. The second kappa shape index (κ2) is 11.4. The fourth-order valence-electron chi connectivity index (χ4n) is 4.25. The summed E-state index contributed by atoms with van der Waals surface area (Å²) in [5, 5.41) is 7.35.